The van der Waals surface area contributed by atoms with Gasteiger partial charge in [-0.2, -0.15) is 0 Å². The topological polar surface area (TPSA) is 52.4 Å². The van der Waals surface area contributed by atoms with E-state index >= 15 is 0 Å². The van der Waals surface area contributed by atoms with Gasteiger partial charge < -0.3 is 4.74 Å². The number of nitro groups is 1. The van der Waals surface area contributed by atoms with Crippen LogP contribution in [-0.2, 0) is 0 Å². The van der Waals surface area contributed by atoms with Crippen LogP contribution in [0.1, 0.15) is 12.5 Å². The first-order chi connectivity index (χ1) is 7.10. The first kappa shape index (κ1) is 11.2. The van der Waals surface area contributed by atoms with Gasteiger partial charge in [0.1, 0.15) is 0 Å². The van der Waals surface area contributed by atoms with Gasteiger partial charge >= 0.3 is 5.69 Å². The van der Waals surface area contributed by atoms with Gasteiger partial charge in [-0.25, -0.2) is 0 Å². The van der Waals surface area contributed by atoms with E-state index in [-0.39, 0.29) is 11.4 Å². The molecule has 0 aliphatic carbocycles. The summed E-state index contributed by atoms with van der Waals surface area (Å²) in [4.78, 5) is 10.2. The van der Waals surface area contributed by atoms with Crippen LogP contribution in [0.2, 0.25) is 0 Å². The molecule has 0 aliphatic heterocycles. The zero-order chi connectivity index (χ0) is 11.4. The summed E-state index contributed by atoms with van der Waals surface area (Å²) in [6.45, 7) is 5.52. The molecule has 4 heteroatoms. The molecule has 0 fully saturated rings. The highest BCUT2D eigenvalue weighted by Gasteiger charge is 2.15. The Morgan fingerprint density at radius 1 is 1.60 bits per heavy atom. The van der Waals surface area contributed by atoms with Crippen molar-refractivity contribution in [2.75, 3.05) is 7.11 Å². The molecule has 0 saturated heterocycles. The van der Waals surface area contributed by atoms with Gasteiger partial charge in [-0.3, -0.25) is 10.1 Å². The fourth-order valence-electron chi connectivity index (χ4n) is 1.19. The number of hydrogen-bond donors (Lipinski definition) is 0. The summed E-state index contributed by atoms with van der Waals surface area (Å²) in [5.41, 5.74) is 0.838. The van der Waals surface area contributed by atoms with Crippen molar-refractivity contribution in [1.82, 2.24) is 0 Å². The fourth-order valence-corrected chi connectivity index (χ4v) is 1.19. The van der Waals surface area contributed by atoms with Gasteiger partial charge in [0.2, 0.25) is 0 Å². The molecule has 0 atom stereocenters. The van der Waals surface area contributed by atoms with Crippen LogP contribution in [0, 0.1) is 16.0 Å². The second kappa shape index (κ2) is 4.59. The standard InChI is InChI=1S/C11H12NO3/c1-4-8(2)9-5-6-10(12(13)14)11(7-9)15-3/h4-7H,1H2,2-3H3. The minimum atomic E-state index is -0.466. The van der Waals surface area contributed by atoms with Crippen LogP contribution < -0.4 is 4.74 Å². The predicted molar refractivity (Wildman–Crippen MR) is 57.9 cm³/mol. The minimum Gasteiger partial charge on any atom is -0.490 e. The zero-order valence-electron chi connectivity index (χ0n) is 8.69. The van der Waals surface area contributed by atoms with Crippen LogP contribution in [0.3, 0.4) is 0 Å². The molecule has 0 heterocycles. The smallest absolute Gasteiger partial charge is 0.310 e. The van der Waals surface area contributed by atoms with Crippen molar-refractivity contribution in [2.24, 2.45) is 0 Å². The number of ether oxygens (including phenoxy) is 1. The highest BCUT2D eigenvalue weighted by atomic mass is 16.6. The molecular weight excluding hydrogens is 194 g/mol. The first-order valence-electron chi connectivity index (χ1n) is 4.39. The van der Waals surface area contributed by atoms with E-state index in [0.717, 1.165) is 11.5 Å². The Labute approximate surface area is 88.3 Å². The summed E-state index contributed by atoms with van der Waals surface area (Å²) >= 11 is 0. The number of methoxy groups -OCH3 is 1. The van der Waals surface area contributed by atoms with Crippen molar-refractivity contribution in [3.63, 3.8) is 0 Å². The second-order valence-corrected chi connectivity index (χ2v) is 3.03. The normalized spacial score (nSPS) is 10.1. The van der Waals surface area contributed by atoms with E-state index in [1.807, 2.05) is 6.92 Å². The van der Waals surface area contributed by atoms with Gasteiger partial charge in [0, 0.05) is 12.0 Å². The molecule has 0 amide bonds. The van der Waals surface area contributed by atoms with E-state index in [9.17, 15) is 10.1 Å². The number of rotatable bonds is 4. The average Bonchev–Trinajstić information content (AvgIpc) is 2.26. The van der Waals surface area contributed by atoms with Crippen LogP contribution in [0.5, 0.6) is 5.75 Å². The molecule has 0 bridgehead atoms. The maximum Gasteiger partial charge on any atom is 0.310 e. The number of benzene rings is 1. The third-order valence-electron chi connectivity index (χ3n) is 2.14. The number of allylic oxidation sites excluding steroid dienone is 1. The lowest BCUT2D eigenvalue weighted by molar-refractivity contribution is -0.385. The van der Waals surface area contributed by atoms with Gasteiger partial charge in [-0.05, 0) is 11.6 Å². The summed E-state index contributed by atoms with van der Waals surface area (Å²) < 4.78 is 4.95. The predicted octanol–water partition coefficient (Wildman–Crippen LogP) is 2.73. The zero-order valence-corrected chi connectivity index (χ0v) is 8.69. The van der Waals surface area contributed by atoms with Crippen molar-refractivity contribution in [1.29, 1.82) is 0 Å². The first-order valence-corrected chi connectivity index (χ1v) is 4.39. The largest absolute Gasteiger partial charge is 0.490 e. The lowest BCUT2D eigenvalue weighted by Gasteiger charge is -2.07. The van der Waals surface area contributed by atoms with Crippen LogP contribution in [0.4, 0.5) is 5.69 Å². The Morgan fingerprint density at radius 2 is 2.27 bits per heavy atom. The van der Waals surface area contributed by atoms with E-state index < -0.39 is 4.92 Å². The fraction of sp³-hybridized carbons (Fsp3) is 0.182. The van der Waals surface area contributed by atoms with Gasteiger partial charge in [0.15, 0.2) is 5.75 Å². The molecular formula is C11H12NO3. The number of nitro benzene ring substituents is 1. The molecule has 15 heavy (non-hydrogen) atoms. The molecule has 1 aromatic rings. The highest BCUT2D eigenvalue weighted by Crippen LogP contribution is 2.30. The van der Waals surface area contributed by atoms with Crippen molar-refractivity contribution in [3.8, 4) is 5.75 Å². The number of nitrogens with zero attached hydrogens (tertiary/aromatic N) is 1. The summed E-state index contributed by atoms with van der Waals surface area (Å²) in [7, 11) is 1.41. The highest BCUT2D eigenvalue weighted by molar-refractivity contribution is 5.52. The van der Waals surface area contributed by atoms with Gasteiger partial charge in [-0.1, -0.05) is 19.1 Å². The minimum absolute atomic E-state index is 0.0295. The Morgan fingerprint density at radius 3 is 2.73 bits per heavy atom. The summed E-state index contributed by atoms with van der Waals surface area (Å²) in [6, 6.07) is 4.74. The Kier molecular flexibility index (Phi) is 3.44. The summed E-state index contributed by atoms with van der Waals surface area (Å²) in [6.07, 6.45) is 1.70. The van der Waals surface area contributed by atoms with E-state index in [2.05, 4.69) is 6.58 Å². The molecule has 0 spiro atoms. The van der Waals surface area contributed by atoms with Crippen molar-refractivity contribution in [2.45, 2.75) is 6.92 Å². The lowest BCUT2D eigenvalue weighted by Crippen LogP contribution is -1.96. The summed E-state index contributed by atoms with van der Waals surface area (Å²) in [5, 5.41) is 10.6. The molecule has 0 saturated carbocycles. The van der Waals surface area contributed by atoms with E-state index in [0.29, 0.717) is 0 Å². The van der Waals surface area contributed by atoms with Crippen molar-refractivity contribution in [3.05, 3.63) is 52.4 Å². The molecule has 1 rings (SSSR count). The quantitative estimate of drug-likeness (QED) is 0.562. The van der Waals surface area contributed by atoms with Crippen LogP contribution >= 0.6 is 0 Å². The summed E-state index contributed by atoms with van der Waals surface area (Å²) in [5.74, 6) is 1.21. The molecule has 79 valence electrons. The molecule has 0 aliphatic rings. The van der Waals surface area contributed by atoms with Gasteiger partial charge in [0.25, 0.3) is 0 Å². The second-order valence-electron chi connectivity index (χ2n) is 3.03. The Bertz CT molecular complexity index is 387. The SMILES string of the molecule is C=C[C](C)c1ccc([N+](=O)[O-])c(OC)c1. The maximum absolute atomic E-state index is 10.6. The van der Waals surface area contributed by atoms with Crippen LogP contribution in [0.15, 0.2) is 30.9 Å². The van der Waals surface area contributed by atoms with Crippen molar-refractivity contribution < 1.29 is 9.66 Å². The van der Waals surface area contributed by atoms with Crippen molar-refractivity contribution >= 4 is 5.69 Å². The third kappa shape index (κ3) is 2.34. The molecule has 0 unspecified atom stereocenters. The monoisotopic (exact) mass is 206 g/mol. The molecule has 1 aromatic carbocycles. The maximum atomic E-state index is 10.6. The van der Waals surface area contributed by atoms with E-state index in [4.69, 9.17) is 4.74 Å². The third-order valence-corrected chi connectivity index (χ3v) is 2.14. The van der Waals surface area contributed by atoms with E-state index in [1.165, 1.54) is 13.2 Å². The molecule has 4 nitrogen and oxygen atoms in total. The van der Waals surface area contributed by atoms with Gasteiger partial charge in [0.05, 0.1) is 12.0 Å². The number of hydrogen-bond acceptors (Lipinski definition) is 3. The molecule has 0 N–H and O–H groups in total. The van der Waals surface area contributed by atoms with Gasteiger partial charge in [-0.15, -0.1) is 6.58 Å². The van der Waals surface area contributed by atoms with Crippen LogP contribution in [-0.4, -0.2) is 12.0 Å². The molecule has 1 radical (unpaired) electrons. The Hall–Kier alpha value is -1.84. The van der Waals surface area contributed by atoms with Crippen LogP contribution in [0.25, 0.3) is 0 Å². The van der Waals surface area contributed by atoms with E-state index in [1.54, 1.807) is 18.2 Å². The Balaban J connectivity index is 3.18. The lowest BCUT2D eigenvalue weighted by atomic mass is 10.0. The average molecular weight is 206 g/mol. The molecule has 0 aromatic heterocycles.